The molecule has 2 aromatic carbocycles. The van der Waals surface area contributed by atoms with Crippen molar-refractivity contribution in [3.63, 3.8) is 0 Å². The second kappa shape index (κ2) is 8.74. The fraction of sp³-hybridized carbons (Fsp3) is 0.429. The number of rotatable bonds is 7. The van der Waals surface area contributed by atoms with E-state index in [2.05, 4.69) is 35.2 Å². The summed E-state index contributed by atoms with van der Waals surface area (Å²) >= 11 is 0. The van der Waals surface area contributed by atoms with Crippen LogP contribution in [0.3, 0.4) is 0 Å². The molecule has 0 aliphatic carbocycles. The van der Waals surface area contributed by atoms with Crippen molar-refractivity contribution in [3.8, 4) is 5.75 Å². The zero-order valence-corrected chi connectivity index (χ0v) is 14.4. The summed E-state index contributed by atoms with van der Waals surface area (Å²) in [6, 6.07) is 18.5. The van der Waals surface area contributed by atoms with E-state index in [0.717, 1.165) is 36.9 Å². The maximum atomic E-state index is 5.77. The zero-order chi connectivity index (χ0) is 16.6. The van der Waals surface area contributed by atoms with Gasteiger partial charge in [-0.2, -0.15) is 0 Å². The number of nitrogens with zero attached hydrogens (tertiary/aromatic N) is 1. The van der Waals surface area contributed by atoms with Gasteiger partial charge in [-0.15, -0.1) is 0 Å². The van der Waals surface area contributed by atoms with Gasteiger partial charge in [-0.1, -0.05) is 30.3 Å². The molecule has 2 N–H and O–H groups in total. The maximum Gasteiger partial charge on any atom is 0.119 e. The standard InChI is InChI=1S/C21H28N2O/c22-20-7-9-21(10-8-20)24-16-4-13-23-14-11-19(12-15-23)17-18-5-2-1-3-6-18/h1-3,5-10,19H,4,11-17,22H2. The fourth-order valence-electron chi connectivity index (χ4n) is 3.40. The monoisotopic (exact) mass is 324 g/mol. The van der Waals surface area contributed by atoms with Crippen molar-refractivity contribution in [1.29, 1.82) is 0 Å². The molecular weight excluding hydrogens is 296 g/mol. The van der Waals surface area contributed by atoms with Gasteiger partial charge in [0.25, 0.3) is 0 Å². The summed E-state index contributed by atoms with van der Waals surface area (Å²) in [6.45, 7) is 4.35. The molecule has 0 amide bonds. The van der Waals surface area contributed by atoms with E-state index < -0.39 is 0 Å². The van der Waals surface area contributed by atoms with Crippen LogP contribution in [-0.4, -0.2) is 31.1 Å². The topological polar surface area (TPSA) is 38.5 Å². The average molecular weight is 324 g/mol. The van der Waals surface area contributed by atoms with Crippen LogP contribution in [0.15, 0.2) is 54.6 Å². The Balaban J connectivity index is 1.30. The predicted octanol–water partition coefficient (Wildman–Crippen LogP) is 3.99. The van der Waals surface area contributed by atoms with Crippen molar-refractivity contribution < 1.29 is 4.74 Å². The molecule has 3 nitrogen and oxygen atoms in total. The Labute approximate surface area is 145 Å². The van der Waals surface area contributed by atoms with Crippen LogP contribution in [0, 0.1) is 5.92 Å². The van der Waals surface area contributed by atoms with Gasteiger partial charge in [-0.05, 0) is 74.5 Å². The Hall–Kier alpha value is -2.00. The van der Waals surface area contributed by atoms with E-state index in [4.69, 9.17) is 10.5 Å². The van der Waals surface area contributed by atoms with E-state index in [9.17, 15) is 0 Å². The maximum absolute atomic E-state index is 5.77. The third kappa shape index (κ3) is 5.27. The van der Waals surface area contributed by atoms with Crippen LogP contribution in [0.1, 0.15) is 24.8 Å². The Morgan fingerprint density at radius 3 is 2.38 bits per heavy atom. The average Bonchev–Trinajstić information content (AvgIpc) is 2.62. The number of nitrogens with two attached hydrogens (primary N) is 1. The van der Waals surface area contributed by atoms with E-state index in [0.29, 0.717) is 0 Å². The zero-order valence-electron chi connectivity index (χ0n) is 14.4. The molecule has 0 aromatic heterocycles. The number of ether oxygens (including phenoxy) is 1. The molecule has 128 valence electrons. The number of anilines is 1. The number of hydrogen-bond donors (Lipinski definition) is 1. The van der Waals surface area contributed by atoms with E-state index in [1.54, 1.807) is 0 Å². The van der Waals surface area contributed by atoms with Crippen LogP contribution in [0.5, 0.6) is 5.75 Å². The molecule has 0 spiro atoms. The normalized spacial score (nSPS) is 16.2. The predicted molar refractivity (Wildman–Crippen MR) is 100 cm³/mol. The molecule has 1 aliphatic heterocycles. The van der Waals surface area contributed by atoms with E-state index in [-0.39, 0.29) is 0 Å². The number of likely N-dealkylation sites (tertiary alicyclic amines) is 1. The first-order valence-electron chi connectivity index (χ1n) is 9.04. The summed E-state index contributed by atoms with van der Waals surface area (Å²) in [7, 11) is 0. The quantitative estimate of drug-likeness (QED) is 0.618. The van der Waals surface area contributed by atoms with Crippen molar-refractivity contribution in [2.75, 3.05) is 32.0 Å². The lowest BCUT2D eigenvalue weighted by Gasteiger charge is -2.32. The lowest BCUT2D eigenvalue weighted by Crippen LogP contribution is -2.35. The van der Waals surface area contributed by atoms with Crippen molar-refractivity contribution in [1.82, 2.24) is 4.90 Å². The molecule has 0 saturated carbocycles. The largest absolute Gasteiger partial charge is 0.494 e. The number of hydrogen-bond acceptors (Lipinski definition) is 3. The molecule has 1 saturated heterocycles. The van der Waals surface area contributed by atoms with Crippen molar-refractivity contribution in [2.45, 2.75) is 25.7 Å². The highest BCUT2D eigenvalue weighted by Gasteiger charge is 2.18. The van der Waals surface area contributed by atoms with Gasteiger partial charge in [0.05, 0.1) is 6.61 Å². The highest BCUT2D eigenvalue weighted by molar-refractivity contribution is 5.41. The van der Waals surface area contributed by atoms with Gasteiger partial charge in [-0.3, -0.25) is 0 Å². The molecule has 24 heavy (non-hydrogen) atoms. The van der Waals surface area contributed by atoms with Crippen LogP contribution in [0.2, 0.25) is 0 Å². The molecular formula is C21H28N2O. The Kier molecular flexibility index (Phi) is 6.13. The lowest BCUT2D eigenvalue weighted by atomic mass is 9.90. The van der Waals surface area contributed by atoms with E-state index in [1.807, 2.05) is 24.3 Å². The molecule has 1 heterocycles. The molecule has 0 atom stereocenters. The van der Waals surface area contributed by atoms with Crippen LogP contribution in [0.25, 0.3) is 0 Å². The summed E-state index contributed by atoms with van der Waals surface area (Å²) in [5.41, 5.74) is 7.93. The molecule has 0 unspecified atom stereocenters. The van der Waals surface area contributed by atoms with Crippen LogP contribution >= 0.6 is 0 Å². The highest BCUT2D eigenvalue weighted by Crippen LogP contribution is 2.21. The van der Waals surface area contributed by atoms with Gasteiger partial charge in [0.15, 0.2) is 0 Å². The van der Waals surface area contributed by atoms with Gasteiger partial charge in [0, 0.05) is 12.2 Å². The minimum atomic E-state index is 0.772. The van der Waals surface area contributed by atoms with Gasteiger partial charge in [-0.25, -0.2) is 0 Å². The summed E-state index contributed by atoms with van der Waals surface area (Å²) in [4.78, 5) is 2.58. The van der Waals surface area contributed by atoms with Gasteiger partial charge in [0.1, 0.15) is 5.75 Å². The minimum Gasteiger partial charge on any atom is -0.494 e. The summed E-state index contributed by atoms with van der Waals surface area (Å²) in [5.74, 6) is 1.75. The molecule has 2 aromatic rings. The lowest BCUT2D eigenvalue weighted by molar-refractivity contribution is 0.170. The van der Waals surface area contributed by atoms with Gasteiger partial charge < -0.3 is 15.4 Å². The van der Waals surface area contributed by atoms with E-state index >= 15 is 0 Å². The van der Waals surface area contributed by atoms with Crippen molar-refractivity contribution in [3.05, 3.63) is 60.2 Å². The minimum absolute atomic E-state index is 0.772. The smallest absolute Gasteiger partial charge is 0.119 e. The van der Waals surface area contributed by atoms with Crippen LogP contribution in [0.4, 0.5) is 5.69 Å². The van der Waals surface area contributed by atoms with Crippen molar-refractivity contribution in [2.24, 2.45) is 5.92 Å². The molecule has 1 aliphatic rings. The third-order valence-corrected chi connectivity index (χ3v) is 4.84. The second-order valence-electron chi connectivity index (χ2n) is 6.75. The molecule has 1 fully saturated rings. The Bertz CT molecular complexity index is 589. The highest BCUT2D eigenvalue weighted by atomic mass is 16.5. The fourth-order valence-corrected chi connectivity index (χ4v) is 3.40. The van der Waals surface area contributed by atoms with Crippen molar-refractivity contribution >= 4 is 5.69 Å². The van der Waals surface area contributed by atoms with Gasteiger partial charge >= 0.3 is 0 Å². The Morgan fingerprint density at radius 2 is 1.67 bits per heavy atom. The third-order valence-electron chi connectivity index (χ3n) is 4.84. The number of piperidine rings is 1. The Morgan fingerprint density at radius 1 is 0.958 bits per heavy atom. The SMILES string of the molecule is Nc1ccc(OCCCN2CCC(Cc3ccccc3)CC2)cc1. The molecule has 3 rings (SSSR count). The first-order valence-corrected chi connectivity index (χ1v) is 9.04. The molecule has 0 radical (unpaired) electrons. The van der Waals surface area contributed by atoms with Gasteiger partial charge in [0.2, 0.25) is 0 Å². The van der Waals surface area contributed by atoms with Crippen LogP contribution < -0.4 is 10.5 Å². The summed E-state index contributed by atoms with van der Waals surface area (Å²) < 4.78 is 5.77. The second-order valence-corrected chi connectivity index (χ2v) is 6.75. The van der Waals surface area contributed by atoms with E-state index in [1.165, 1.54) is 37.9 Å². The number of benzene rings is 2. The van der Waals surface area contributed by atoms with Crippen LogP contribution in [-0.2, 0) is 6.42 Å². The summed E-state index contributed by atoms with van der Waals surface area (Å²) in [5, 5.41) is 0. The first-order chi connectivity index (χ1) is 11.8. The first kappa shape index (κ1) is 16.8. The number of nitrogen functional groups attached to an aromatic ring is 1. The molecule has 3 heteroatoms. The molecule has 0 bridgehead atoms. The summed E-state index contributed by atoms with van der Waals surface area (Å²) in [6.07, 6.45) is 4.93.